The second-order valence-corrected chi connectivity index (χ2v) is 4.09. The van der Waals surface area contributed by atoms with E-state index in [0.717, 1.165) is 6.42 Å². The number of amidine groups is 1. The van der Waals surface area contributed by atoms with Gasteiger partial charge in [-0.25, -0.2) is 0 Å². The predicted octanol–water partition coefficient (Wildman–Crippen LogP) is -0.258. The van der Waals surface area contributed by atoms with Crippen LogP contribution in [0.15, 0.2) is 5.16 Å². The minimum Gasteiger partial charge on any atom is -0.409 e. The Kier molecular flexibility index (Phi) is 4.54. The SMILES string of the molecule is CCCC(C(=O)N1CCC(O)C1)C(N)=NO. The molecule has 0 aromatic carbocycles. The molecule has 1 amide bonds. The van der Waals surface area contributed by atoms with Crippen LogP contribution in [0.1, 0.15) is 26.2 Å². The van der Waals surface area contributed by atoms with Crippen molar-refractivity contribution < 1.29 is 15.1 Å². The molecule has 0 aromatic heterocycles. The maximum atomic E-state index is 12.0. The quantitative estimate of drug-likeness (QED) is 0.268. The van der Waals surface area contributed by atoms with Gasteiger partial charge < -0.3 is 20.9 Å². The van der Waals surface area contributed by atoms with Crippen molar-refractivity contribution in [2.75, 3.05) is 13.1 Å². The summed E-state index contributed by atoms with van der Waals surface area (Å²) in [5, 5.41) is 20.9. The lowest BCUT2D eigenvalue weighted by molar-refractivity contribution is -0.132. The van der Waals surface area contributed by atoms with Gasteiger partial charge in [0.05, 0.1) is 12.0 Å². The highest BCUT2D eigenvalue weighted by Crippen LogP contribution is 2.16. The number of rotatable bonds is 4. The Morgan fingerprint density at radius 1 is 1.69 bits per heavy atom. The summed E-state index contributed by atoms with van der Waals surface area (Å²) in [5.74, 6) is -0.776. The van der Waals surface area contributed by atoms with Crippen molar-refractivity contribution in [3.63, 3.8) is 0 Å². The molecule has 92 valence electrons. The minimum absolute atomic E-state index is 0.0479. The van der Waals surface area contributed by atoms with E-state index in [1.54, 1.807) is 4.90 Å². The smallest absolute Gasteiger partial charge is 0.233 e. The number of hydrogen-bond donors (Lipinski definition) is 3. The molecule has 2 atom stereocenters. The first-order valence-corrected chi connectivity index (χ1v) is 5.54. The molecular formula is C10H19N3O3. The summed E-state index contributed by atoms with van der Waals surface area (Å²) in [6.45, 7) is 2.82. The van der Waals surface area contributed by atoms with Crippen LogP contribution in [0, 0.1) is 5.92 Å². The van der Waals surface area contributed by atoms with Gasteiger partial charge in [0.2, 0.25) is 5.91 Å². The zero-order valence-electron chi connectivity index (χ0n) is 9.46. The highest BCUT2D eigenvalue weighted by atomic mass is 16.4. The number of carbonyl (C=O) groups excluding carboxylic acids is 1. The summed E-state index contributed by atoms with van der Waals surface area (Å²) in [6.07, 6.45) is 1.49. The maximum Gasteiger partial charge on any atom is 0.233 e. The highest BCUT2D eigenvalue weighted by Gasteiger charge is 2.31. The first-order chi connectivity index (χ1) is 7.60. The number of oxime groups is 1. The van der Waals surface area contributed by atoms with E-state index in [0.29, 0.717) is 25.9 Å². The number of amides is 1. The van der Waals surface area contributed by atoms with Gasteiger partial charge in [0.1, 0.15) is 0 Å². The van der Waals surface area contributed by atoms with E-state index in [1.165, 1.54) is 0 Å². The van der Waals surface area contributed by atoms with Gasteiger partial charge in [-0.15, -0.1) is 0 Å². The van der Waals surface area contributed by atoms with E-state index in [2.05, 4.69) is 5.16 Å². The van der Waals surface area contributed by atoms with Gasteiger partial charge in [0, 0.05) is 13.1 Å². The Balaban J connectivity index is 2.67. The first-order valence-electron chi connectivity index (χ1n) is 5.54. The van der Waals surface area contributed by atoms with Crippen molar-refractivity contribution in [3.05, 3.63) is 0 Å². The lowest BCUT2D eigenvalue weighted by atomic mass is 10.0. The van der Waals surface area contributed by atoms with Gasteiger partial charge in [-0.1, -0.05) is 18.5 Å². The molecule has 0 radical (unpaired) electrons. The molecule has 0 spiro atoms. The van der Waals surface area contributed by atoms with Gasteiger partial charge in [-0.3, -0.25) is 4.79 Å². The summed E-state index contributed by atoms with van der Waals surface area (Å²) in [7, 11) is 0. The van der Waals surface area contributed by atoms with E-state index < -0.39 is 12.0 Å². The Labute approximate surface area is 94.7 Å². The topological polar surface area (TPSA) is 99.2 Å². The third-order valence-electron chi connectivity index (χ3n) is 2.82. The molecule has 0 saturated carbocycles. The fraction of sp³-hybridized carbons (Fsp3) is 0.800. The molecule has 2 unspecified atom stereocenters. The van der Waals surface area contributed by atoms with Crippen LogP contribution in [0.5, 0.6) is 0 Å². The van der Waals surface area contributed by atoms with Crippen molar-refractivity contribution in [1.82, 2.24) is 4.90 Å². The van der Waals surface area contributed by atoms with Crippen molar-refractivity contribution in [1.29, 1.82) is 0 Å². The lowest BCUT2D eigenvalue weighted by Crippen LogP contribution is -2.41. The maximum absolute atomic E-state index is 12.0. The Morgan fingerprint density at radius 3 is 2.81 bits per heavy atom. The van der Waals surface area contributed by atoms with Crippen molar-refractivity contribution in [2.45, 2.75) is 32.3 Å². The van der Waals surface area contributed by atoms with E-state index in [1.807, 2.05) is 6.92 Å². The van der Waals surface area contributed by atoms with Gasteiger partial charge in [0.15, 0.2) is 5.84 Å². The molecular weight excluding hydrogens is 210 g/mol. The number of hydrogen-bond acceptors (Lipinski definition) is 4. The van der Waals surface area contributed by atoms with Crippen LogP contribution in [-0.2, 0) is 4.79 Å². The molecule has 1 heterocycles. The highest BCUT2D eigenvalue weighted by molar-refractivity contribution is 6.02. The molecule has 1 fully saturated rings. The first kappa shape index (κ1) is 12.8. The standard InChI is InChI=1S/C10H19N3O3/c1-2-3-8(9(11)12-16)10(15)13-5-4-7(14)6-13/h7-8,14,16H,2-6H2,1H3,(H2,11,12). The van der Waals surface area contributed by atoms with E-state index >= 15 is 0 Å². The summed E-state index contributed by atoms with van der Waals surface area (Å²) < 4.78 is 0. The van der Waals surface area contributed by atoms with Crippen LogP contribution < -0.4 is 5.73 Å². The van der Waals surface area contributed by atoms with Crippen molar-refractivity contribution in [3.8, 4) is 0 Å². The third-order valence-corrected chi connectivity index (χ3v) is 2.82. The molecule has 1 saturated heterocycles. The second-order valence-electron chi connectivity index (χ2n) is 4.09. The predicted molar refractivity (Wildman–Crippen MR) is 59.0 cm³/mol. The van der Waals surface area contributed by atoms with Crippen molar-refractivity contribution in [2.24, 2.45) is 16.8 Å². The summed E-state index contributed by atoms with van der Waals surface area (Å²) >= 11 is 0. The molecule has 4 N–H and O–H groups in total. The van der Waals surface area contributed by atoms with Crippen LogP contribution in [0.4, 0.5) is 0 Å². The number of likely N-dealkylation sites (tertiary alicyclic amines) is 1. The van der Waals surface area contributed by atoms with Gasteiger partial charge in [0.25, 0.3) is 0 Å². The van der Waals surface area contributed by atoms with Crippen LogP contribution >= 0.6 is 0 Å². The summed E-state index contributed by atoms with van der Waals surface area (Å²) in [5.41, 5.74) is 5.50. The molecule has 1 rings (SSSR count). The number of aliphatic hydroxyl groups excluding tert-OH is 1. The van der Waals surface area contributed by atoms with Crippen LogP contribution in [0.25, 0.3) is 0 Å². The van der Waals surface area contributed by atoms with Gasteiger partial charge in [-0.2, -0.15) is 0 Å². The summed E-state index contributed by atoms with van der Waals surface area (Å²) in [6, 6.07) is 0. The number of nitrogens with zero attached hydrogens (tertiary/aromatic N) is 2. The van der Waals surface area contributed by atoms with E-state index in [9.17, 15) is 9.90 Å². The number of carbonyl (C=O) groups is 1. The molecule has 6 heteroatoms. The average molecular weight is 229 g/mol. The van der Waals surface area contributed by atoms with Gasteiger partial charge >= 0.3 is 0 Å². The zero-order chi connectivity index (χ0) is 12.1. The normalized spacial score (nSPS) is 23.5. The monoisotopic (exact) mass is 229 g/mol. The molecule has 6 nitrogen and oxygen atoms in total. The fourth-order valence-corrected chi connectivity index (χ4v) is 1.92. The Morgan fingerprint density at radius 2 is 2.38 bits per heavy atom. The zero-order valence-corrected chi connectivity index (χ0v) is 9.46. The molecule has 0 bridgehead atoms. The Hall–Kier alpha value is -1.30. The molecule has 1 aliphatic rings. The second kappa shape index (κ2) is 5.69. The number of nitrogens with two attached hydrogens (primary N) is 1. The molecule has 0 aromatic rings. The average Bonchev–Trinajstić information content (AvgIpc) is 2.71. The minimum atomic E-state index is -0.569. The summed E-state index contributed by atoms with van der Waals surface area (Å²) in [4.78, 5) is 13.6. The van der Waals surface area contributed by atoms with Crippen LogP contribution in [0.2, 0.25) is 0 Å². The van der Waals surface area contributed by atoms with Gasteiger partial charge in [-0.05, 0) is 12.8 Å². The third kappa shape index (κ3) is 2.85. The van der Waals surface area contributed by atoms with E-state index in [4.69, 9.17) is 10.9 Å². The fourth-order valence-electron chi connectivity index (χ4n) is 1.92. The largest absolute Gasteiger partial charge is 0.409 e. The lowest BCUT2D eigenvalue weighted by Gasteiger charge is -2.21. The molecule has 16 heavy (non-hydrogen) atoms. The van der Waals surface area contributed by atoms with Crippen molar-refractivity contribution >= 4 is 11.7 Å². The number of aliphatic hydroxyl groups is 1. The number of β-amino-alcohol motifs (C(OH)–C–C–N with tert-alkyl or cyclic N) is 1. The van der Waals surface area contributed by atoms with E-state index in [-0.39, 0.29) is 11.7 Å². The van der Waals surface area contributed by atoms with Crippen LogP contribution in [0.3, 0.4) is 0 Å². The molecule has 0 aliphatic carbocycles. The van der Waals surface area contributed by atoms with Crippen LogP contribution in [-0.4, -0.2) is 46.1 Å². The molecule has 1 aliphatic heterocycles. The Bertz CT molecular complexity index is 280.